The first-order chi connectivity index (χ1) is 6.07. The lowest BCUT2D eigenvalue weighted by molar-refractivity contribution is -0.138. The summed E-state index contributed by atoms with van der Waals surface area (Å²) in [5.74, 6) is -0.791. The van der Waals surface area contributed by atoms with E-state index < -0.39 is 5.97 Å². The Balaban J connectivity index is 0. The third-order valence-corrected chi connectivity index (χ3v) is 1.50. The number of carboxylic acids is 1. The molecule has 0 rings (SSSR count). The van der Waals surface area contributed by atoms with E-state index in [9.17, 15) is 4.79 Å². The van der Waals surface area contributed by atoms with Gasteiger partial charge in [0.15, 0.2) is 0 Å². The zero-order valence-electron chi connectivity index (χ0n) is 9.20. The molecule has 0 bridgehead atoms. The summed E-state index contributed by atoms with van der Waals surface area (Å²) >= 11 is 0. The molecule has 0 aliphatic carbocycles. The van der Waals surface area contributed by atoms with E-state index in [0.717, 1.165) is 0 Å². The fourth-order valence-electron chi connectivity index (χ4n) is 0.785. The molecule has 0 saturated carbocycles. The van der Waals surface area contributed by atoms with Crippen molar-refractivity contribution in [1.29, 1.82) is 0 Å². The number of hydrogen-bond acceptors (Lipinski definition) is 3. The Kier molecular flexibility index (Phi) is 10.9. The summed E-state index contributed by atoms with van der Waals surface area (Å²) in [4.78, 5) is 12.2. The van der Waals surface area contributed by atoms with Crippen molar-refractivity contribution in [2.45, 2.75) is 26.3 Å². The van der Waals surface area contributed by atoms with Gasteiger partial charge in [0.05, 0.1) is 13.0 Å². The van der Waals surface area contributed by atoms with Gasteiger partial charge >= 0.3 is 5.97 Å². The van der Waals surface area contributed by atoms with Gasteiger partial charge in [-0.25, -0.2) is 0 Å². The van der Waals surface area contributed by atoms with Crippen molar-refractivity contribution in [3.8, 4) is 0 Å². The van der Waals surface area contributed by atoms with Gasteiger partial charge in [-0.15, -0.1) is 0 Å². The fraction of sp³-hybridized carbons (Fsp3) is 0.889. The predicted octanol–water partition coefficient (Wildman–Crippen LogP) is 1.06. The van der Waals surface area contributed by atoms with Crippen molar-refractivity contribution < 1.29 is 14.6 Å². The molecular weight excluding hydrogens is 170 g/mol. The van der Waals surface area contributed by atoms with Gasteiger partial charge in [-0.1, -0.05) is 13.8 Å². The van der Waals surface area contributed by atoms with E-state index in [-0.39, 0.29) is 12.5 Å². The summed E-state index contributed by atoms with van der Waals surface area (Å²) in [6.07, 6.45) is 0.126. The SMILES string of the molecule is CC.COCC(CC(=O)O)N(C)C. The molecule has 0 aromatic heterocycles. The molecule has 0 amide bonds. The van der Waals surface area contributed by atoms with Crippen molar-refractivity contribution >= 4 is 5.97 Å². The molecule has 13 heavy (non-hydrogen) atoms. The molecule has 1 atom stereocenters. The van der Waals surface area contributed by atoms with Crippen LogP contribution >= 0.6 is 0 Å². The number of hydrogen-bond donors (Lipinski definition) is 1. The van der Waals surface area contributed by atoms with Gasteiger partial charge in [0.1, 0.15) is 0 Å². The quantitative estimate of drug-likeness (QED) is 0.706. The molecule has 0 heterocycles. The highest BCUT2D eigenvalue weighted by Gasteiger charge is 2.14. The van der Waals surface area contributed by atoms with Gasteiger partial charge in [-0.2, -0.15) is 0 Å². The van der Waals surface area contributed by atoms with E-state index in [2.05, 4.69) is 0 Å². The molecule has 0 aromatic carbocycles. The summed E-state index contributed by atoms with van der Waals surface area (Å²) in [7, 11) is 5.25. The zero-order chi connectivity index (χ0) is 10.9. The van der Waals surface area contributed by atoms with E-state index >= 15 is 0 Å². The molecule has 0 fully saturated rings. The number of nitrogens with zero attached hydrogens (tertiary/aromatic N) is 1. The molecule has 4 heteroatoms. The lowest BCUT2D eigenvalue weighted by atomic mass is 10.2. The number of rotatable bonds is 5. The van der Waals surface area contributed by atoms with Crippen LogP contribution in [-0.4, -0.2) is 49.8 Å². The summed E-state index contributed by atoms with van der Waals surface area (Å²) < 4.78 is 4.86. The first kappa shape index (κ1) is 14.9. The van der Waals surface area contributed by atoms with E-state index in [4.69, 9.17) is 9.84 Å². The number of ether oxygens (including phenoxy) is 1. The lowest BCUT2D eigenvalue weighted by Gasteiger charge is -2.21. The van der Waals surface area contributed by atoms with E-state index in [0.29, 0.717) is 6.61 Å². The number of carboxylic acid groups (broad SMARTS) is 1. The van der Waals surface area contributed by atoms with Crippen LogP contribution in [0.4, 0.5) is 0 Å². The van der Waals surface area contributed by atoms with Gasteiger partial charge in [0, 0.05) is 13.2 Å². The molecule has 1 N–H and O–H groups in total. The van der Waals surface area contributed by atoms with Crippen molar-refractivity contribution in [3.63, 3.8) is 0 Å². The molecule has 0 radical (unpaired) electrons. The Morgan fingerprint density at radius 2 is 1.92 bits per heavy atom. The lowest BCUT2D eigenvalue weighted by Crippen LogP contribution is -2.34. The Morgan fingerprint density at radius 3 is 2.15 bits per heavy atom. The minimum absolute atomic E-state index is 0.0301. The van der Waals surface area contributed by atoms with Gasteiger partial charge in [0.25, 0.3) is 0 Å². The highest BCUT2D eigenvalue weighted by Crippen LogP contribution is 1.99. The Bertz CT molecular complexity index is 126. The predicted molar refractivity (Wildman–Crippen MR) is 53.0 cm³/mol. The van der Waals surface area contributed by atoms with Crippen molar-refractivity contribution in [3.05, 3.63) is 0 Å². The van der Waals surface area contributed by atoms with E-state index in [1.165, 1.54) is 0 Å². The third-order valence-electron chi connectivity index (χ3n) is 1.50. The minimum Gasteiger partial charge on any atom is -0.481 e. The van der Waals surface area contributed by atoms with Crippen LogP contribution in [0.3, 0.4) is 0 Å². The molecule has 0 aliphatic heterocycles. The van der Waals surface area contributed by atoms with Crippen LogP contribution in [0.25, 0.3) is 0 Å². The van der Waals surface area contributed by atoms with Gasteiger partial charge < -0.3 is 14.7 Å². The fourth-order valence-corrected chi connectivity index (χ4v) is 0.785. The molecule has 1 unspecified atom stereocenters. The summed E-state index contributed by atoms with van der Waals surface area (Å²) in [5, 5.41) is 8.48. The van der Waals surface area contributed by atoms with Gasteiger partial charge in [0.2, 0.25) is 0 Å². The Labute approximate surface area is 80.5 Å². The molecular formula is C9H21NO3. The maximum atomic E-state index is 10.3. The largest absolute Gasteiger partial charge is 0.481 e. The van der Waals surface area contributed by atoms with Gasteiger partial charge in [-0.3, -0.25) is 4.79 Å². The van der Waals surface area contributed by atoms with Crippen molar-refractivity contribution in [2.75, 3.05) is 27.8 Å². The highest BCUT2D eigenvalue weighted by molar-refractivity contribution is 5.67. The monoisotopic (exact) mass is 191 g/mol. The average Bonchev–Trinajstić information content (AvgIpc) is 2.06. The highest BCUT2D eigenvalue weighted by atomic mass is 16.5. The maximum Gasteiger partial charge on any atom is 0.305 e. The molecule has 0 spiro atoms. The van der Waals surface area contributed by atoms with Crippen LogP contribution in [0.2, 0.25) is 0 Å². The number of methoxy groups -OCH3 is 1. The molecule has 0 saturated heterocycles. The summed E-state index contributed by atoms with van der Waals surface area (Å²) in [6.45, 7) is 4.46. The first-order valence-corrected chi connectivity index (χ1v) is 4.45. The van der Waals surface area contributed by atoms with Crippen LogP contribution in [0.15, 0.2) is 0 Å². The van der Waals surface area contributed by atoms with Crippen LogP contribution < -0.4 is 0 Å². The number of aliphatic carboxylic acids is 1. The van der Waals surface area contributed by atoms with Gasteiger partial charge in [-0.05, 0) is 14.1 Å². The topological polar surface area (TPSA) is 49.8 Å². The van der Waals surface area contributed by atoms with Crippen molar-refractivity contribution in [2.24, 2.45) is 0 Å². The summed E-state index contributed by atoms with van der Waals surface area (Å²) in [5.41, 5.74) is 0. The van der Waals surface area contributed by atoms with Crippen LogP contribution in [0.1, 0.15) is 20.3 Å². The van der Waals surface area contributed by atoms with Crippen LogP contribution in [0, 0.1) is 0 Å². The normalized spacial score (nSPS) is 11.8. The average molecular weight is 191 g/mol. The van der Waals surface area contributed by atoms with E-state index in [1.54, 1.807) is 7.11 Å². The standard InChI is InChI=1S/C7H15NO3.C2H6/c1-8(2)6(5-11-3)4-7(9)10;1-2/h6H,4-5H2,1-3H3,(H,9,10);1-2H3. The zero-order valence-corrected chi connectivity index (χ0v) is 9.20. The Morgan fingerprint density at radius 1 is 1.46 bits per heavy atom. The number of carbonyl (C=O) groups is 1. The molecule has 0 aliphatic rings. The summed E-state index contributed by atoms with van der Waals surface area (Å²) in [6, 6.07) is -0.0301. The number of likely N-dealkylation sites (N-methyl/N-ethyl adjacent to an activating group) is 1. The molecule has 0 aromatic rings. The molecule has 4 nitrogen and oxygen atoms in total. The smallest absolute Gasteiger partial charge is 0.305 e. The van der Waals surface area contributed by atoms with Crippen molar-refractivity contribution in [1.82, 2.24) is 4.90 Å². The van der Waals surface area contributed by atoms with Crippen LogP contribution in [-0.2, 0) is 9.53 Å². The first-order valence-electron chi connectivity index (χ1n) is 4.45. The Hall–Kier alpha value is -0.610. The van der Waals surface area contributed by atoms with Crippen LogP contribution in [0.5, 0.6) is 0 Å². The second kappa shape index (κ2) is 9.48. The van der Waals surface area contributed by atoms with E-state index in [1.807, 2.05) is 32.8 Å². The third kappa shape index (κ3) is 9.30. The second-order valence-electron chi connectivity index (χ2n) is 2.67. The maximum absolute atomic E-state index is 10.3. The molecule has 80 valence electrons. The second-order valence-corrected chi connectivity index (χ2v) is 2.67. The minimum atomic E-state index is -0.791.